The van der Waals surface area contributed by atoms with Crippen LogP contribution >= 0.6 is 0 Å². The smallest absolute Gasteiger partial charge is 0.164 e. The Morgan fingerprint density at radius 2 is 0.964 bits per heavy atom. The molecule has 11 rings (SSSR count). The first-order valence-electron chi connectivity index (χ1n) is 19.1. The normalized spacial score (nSPS) is 13.0. The lowest BCUT2D eigenvalue weighted by Gasteiger charge is -2.19. The van der Waals surface area contributed by atoms with Crippen LogP contribution in [-0.4, -0.2) is 23.0 Å². The van der Waals surface area contributed by atoms with Crippen LogP contribution in [0.2, 0.25) is 13.1 Å². The van der Waals surface area contributed by atoms with Crippen molar-refractivity contribution in [3.63, 3.8) is 0 Å². The highest BCUT2D eigenvalue weighted by molar-refractivity contribution is 7.04. The molecule has 8 aromatic carbocycles. The van der Waals surface area contributed by atoms with Gasteiger partial charge in [-0.2, -0.15) is 0 Å². The summed E-state index contributed by atoms with van der Waals surface area (Å²) in [5, 5.41) is 7.31. The molecular formula is C51H35N3OSi. The summed E-state index contributed by atoms with van der Waals surface area (Å²) in [5.74, 6) is 1.89. The molecule has 0 atom stereocenters. The monoisotopic (exact) mass is 733 g/mol. The summed E-state index contributed by atoms with van der Waals surface area (Å²) in [7, 11) is -2.09. The zero-order valence-corrected chi connectivity index (χ0v) is 32.0. The van der Waals surface area contributed by atoms with Gasteiger partial charge in [0, 0.05) is 33.0 Å². The van der Waals surface area contributed by atoms with E-state index in [1.54, 1.807) is 0 Å². The third kappa shape index (κ3) is 5.09. The number of benzene rings is 8. The van der Waals surface area contributed by atoms with Gasteiger partial charge in [-0.05, 0) is 61.1 Å². The van der Waals surface area contributed by atoms with Gasteiger partial charge in [0.2, 0.25) is 0 Å². The molecule has 0 unspecified atom stereocenters. The molecule has 10 aromatic rings. The third-order valence-electron chi connectivity index (χ3n) is 11.6. The molecule has 56 heavy (non-hydrogen) atoms. The van der Waals surface area contributed by atoms with E-state index in [-0.39, 0.29) is 0 Å². The van der Waals surface area contributed by atoms with E-state index in [1.165, 1.54) is 43.4 Å². The first kappa shape index (κ1) is 32.5. The fourth-order valence-corrected chi connectivity index (χ4v) is 11.8. The zero-order valence-electron chi connectivity index (χ0n) is 31.0. The first-order chi connectivity index (χ1) is 27.5. The number of hydrogen-bond donors (Lipinski definition) is 0. The lowest BCUT2D eigenvalue weighted by atomic mass is 9.97. The molecule has 0 bridgehead atoms. The summed E-state index contributed by atoms with van der Waals surface area (Å²) in [4.78, 5) is 15.8. The summed E-state index contributed by atoms with van der Waals surface area (Å²) < 4.78 is 6.83. The minimum atomic E-state index is -2.09. The first-order valence-corrected chi connectivity index (χ1v) is 22.1. The Morgan fingerprint density at radius 3 is 1.73 bits per heavy atom. The van der Waals surface area contributed by atoms with Crippen molar-refractivity contribution >= 4 is 51.2 Å². The van der Waals surface area contributed by atoms with E-state index in [0.717, 1.165) is 49.8 Å². The maximum Gasteiger partial charge on any atom is 0.164 e. The van der Waals surface area contributed by atoms with Crippen LogP contribution in [0, 0.1) is 0 Å². The summed E-state index contributed by atoms with van der Waals surface area (Å²) in [5.41, 5.74) is 11.7. The van der Waals surface area contributed by atoms with Crippen LogP contribution in [0.4, 0.5) is 0 Å². The molecule has 1 aliphatic heterocycles. The van der Waals surface area contributed by atoms with E-state index < -0.39 is 8.07 Å². The molecular weight excluding hydrogens is 699 g/mol. The average molecular weight is 734 g/mol. The second-order valence-corrected chi connectivity index (χ2v) is 19.5. The molecule has 4 nitrogen and oxygen atoms in total. The molecule has 2 aromatic heterocycles. The van der Waals surface area contributed by atoms with Crippen LogP contribution in [0.1, 0.15) is 0 Å². The molecule has 0 fully saturated rings. The Hall–Kier alpha value is -6.95. The summed E-state index contributed by atoms with van der Waals surface area (Å²) in [6.07, 6.45) is 0. The van der Waals surface area contributed by atoms with Crippen molar-refractivity contribution in [2.24, 2.45) is 0 Å². The SMILES string of the molecule is C[Si]1(C)c2ccccc2-c2c1cc(-c1nc(-c3ccc(-c4ccccc4)cc3)nc(-c3ccc(-c4cccc5ccccc45)cc3)n1)c1c2oc2ccccc21. The molecule has 264 valence electrons. The Labute approximate surface area is 325 Å². The predicted molar refractivity (Wildman–Crippen MR) is 234 cm³/mol. The molecule has 0 spiro atoms. The number of aromatic nitrogens is 3. The van der Waals surface area contributed by atoms with Gasteiger partial charge in [0.1, 0.15) is 19.2 Å². The summed E-state index contributed by atoms with van der Waals surface area (Å²) in [6.45, 7) is 4.87. The van der Waals surface area contributed by atoms with Crippen LogP contribution < -0.4 is 10.4 Å². The second-order valence-electron chi connectivity index (χ2n) is 15.2. The molecule has 5 heteroatoms. The number of fused-ring (bicyclic) bond motifs is 8. The van der Waals surface area contributed by atoms with Crippen LogP contribution in [0.25, 0.3) is 100 Å². The van der Waals surface area contributed by atoms with Crippen molar-refractivity contribution in [1.29, 1.82) is 0 Å². The minimum absolute atomic E-state index is 0.628. The zero-order chi connectivity index (χ0) is 37.4. The van der Waals surface area contributed by atoms with Gasteiger partial charge in [0.15, 0.2) is 17.5 Å². The standard InChI is InChI=1S/C51H35N3OSi/c1-56(2)44-22-11-9-19-41(44)47-45(56)31-42(46-40-18-8-10-21-43(40)55-48(46)47)51-53-49(36-27-23-33(24-28-36)32-13-4-3-5-14-32)52-50(54-51)37-29-25-35(26-30-37)39-20-12-16-34-15-6-7-17-38(34)39/h3-31H,1-2H3. The highest BCUT2D eigenvalue weighted by Gasteiger charge is 2.40. The van der Waals surface area contributed by atoms with E-state index in [9.17, 15) is 0 Å². The van der Waals surface area contributed by atoms with Crippen LogP contribution in [0.3, 0.4) is 0 Å². The maximum atomic E-state index is 6.83. The van der Waals surface area contributed by atoms with E-state index in [4.69, 9.17) is 19.4 Å². The van der Waals surface area contributed by atoms with Crippen molar-refractivity contribution in [2.45, 2.75) is 13.1 Å². The molecule has 0 N–H and O–H groups in total. The highest BCUT2D eigenvalue weighted by Crippen LogP contribution is 2.43. The average Bonchev–Trinajstić information content (AvgIpc) is 3.76. The molecule has 1 aliphatic rings. The Bertz CT molecular complexity index is 3140. The third-order valence-corrected chi connectivity index (χ3v) is 15.1. The van der Waals surface area contributed by atoms with Crippen LogP contribution in [0.5, 0.6) is 0 Å². The molecule has 0 radical (unpaired) electrons. The van der Waals surface area contributed by atoms with Gasteiger partial charge < -0.3 is 4.42 Å². The topological polar surface area (TPSA) is 51.8 Å². The van der Waals surface area contributed by atoms with Crippen LogP contribution in [-0.2, 0) is 0 Å². The van der Waals surface area contributed by atoms with Gasteiger partial charge in [-0.15, -0.1) is 0 Å². The Balaban J connectivity index is 1.13. The van der Waals surface area contributed by atoms with E-state index in [0.29, 0.717) is 17.5 Å². The quantitative estimate of drug-likeness (QED) is 0.165. The number of para-hydroxylation sites is 1. The van der Waals surface area contributed by atoms with Crippen molar-refractivity contribution in [2.75, 3.05) is 0 Å². The Morgan fingerprint density at radius 1 is 0.411 bits per heavy atom. The highest BCUT2D eigenvalue weighted by atomic mass is 28.3. The van der Waals surface area contributed by atoms with Crippen molar-refractivity contribution < 1.29 is 4.42 Å². The molecule has 0 aliphatic carbocycles. The summed E-state index contributed by atoms with van der Waals surface area (Å²) >= 11 is 0. The fraction of sp³-hybridized carbons (Fsp3) is 0.0392. The minimum Gasteiger partial charge on any atom is -0.455 e. The maximum absolute atomic E-state index is 6.83. The number of furan rings is 1. The van der Waals surface area contributed by atoms with E-state index >= 15 is 0 Å². The molecule has 0 saturated heterocycles. The molecule has 0 amide bonds. The number of rotatable bonds is 5. The lowest BCUT2D eigenvalue weighted by Crippen LogP contribution is -2.49. The van der Waals surface area contributed by atoms with E-state index in [1.807, 2.05) is 12.1 Å². The lowest BCUT2D eigenvalue weighted by molar-refractivity contribution is 0.670. The van der Waals surface area contributed by atoms with Crippen molar-refractivity contribution in [1.82, 2.24) is 15.0 Å². The van der Waals surface area contributed by atoms with Gasteiger partial charge in [0.05, 0.1) is 0 Å². The predicted octanol–water partition coefficient (Wildman–Crippen LogP) is 12.1. The van der Waals surface area contributed by atoms with Gasteiger partial charge in [-0.1, -0.05) is 177 Å². The van der Waals surface area contributed by atoms with Gasteiger partial charge in [-0.3, -0.25) is 0 Å². The molecule has 0 saturated carbocycles. The fourth-order valence-electron chi connectivity index (χ4n) is 8.70. The largest absolute Gasteiger partial charge is 0.455 e. The van der Waals surface area contributed by atoms with Crippen molar-refractivity contribution in [3.8, 4) is 67.5 Å². The summed E-state index contributed by atoms with van der Waals surface area (Å²) in [6, 6.07) is 62.2. The second kappa shape index (κ2) is 12.6. The van der Waals surface area contributed by atoms with Crippen molar-refractivity contribution in [3.05, 3.63) is 176 Å². The van der Waals surface area contributed by atoms with Gasteiger partial charge in [-0.25, -0.2) is 15.0 Å². The Kier molecular flexibility index (Phi) is 7.28. The van der Waals surface area contributed by atoms with E-state index in [2.05, 4.69) is 177 Å². The molecule has 3 heterocycles. The van der Waals surface area contributed by atoms with Crippen LogP contribution in [0.15, 0.2) is 180 Å². The van der Waals surface area contributed by atoms with Gasteiger partial charge in [0.25, 0.3) is 0 Å². The van der Waals surface area contributed by atoms with Gasteiger partial charge >= 0.3 is 0 Å². The number of hydrogen-bond acceptors (Lipinski definition) is 4. The number of nitrogens with zero attached hydrogens (tertiary/aromatic N) is 3.